The molecule has 0 unspecified atom stereocenters. The molecule has 0 aliphatic heterocycles. The van der Waals surface area contributed by atoms with E-state index in [1.807, 2.05) is 70.2 Å². The predicted molar refractivity (Wildman–Crippen MR) is 90.4 cm³/mol. The van der Waals surface area contributed by atoms with Crippen molar-refractivity contribution in [3.63, 3.8) is 0 Å². The van der Waals surface area contributed by atoms with Crippen molar-refractivity contribution in [2.45, 2.75) is 40.2 Å². The van der Waals surface area contributed by atoms with Gasteiger partial charge in [-0.1, -0.05) is 43.3 Å². The minimum Gasteiger partial charge on any atom is -0.480 e. The second-order valence-corrected chi connectivity index (χ2v) is 5.54. The SMILES string of the molecule is CC[C@@H](Oc1ccccc1C)C(=O)Nc1c(C)cccc1C. The van der Waals surface area contributed by atoms with Crippen LogP contribution in [0.2, 0.25) is 0 Å². The van der Waals surface area contributed by atoms with Gasteiger partial charge in [-0.15, -0.1) is 0 Å². The molecular weight excluding hydrogens is 274 g/mol. The lowest BCUT2D eigenvalue weighted by Crippen LogP contribution is -2.33. The second kappa shape index (κ2) is 7.12. The van der Waals surface area contributed by atoms with E-state index in [1.54, 1.807) is 0 Å². The lowest BCUT2D eigenvalue weighted by molar-refractivity contribution is -0.122. The Kier molecular flexibility index (Phi) is 5.21. The molecule has 0 heterocycles. The van der Waals surface area contributed by atoms with Crippen LogP contribution in [0, 0.1) is 20.8 Å². The maximum absolute atomic E-state index is 12.5. The van der Waals surface area contributed by atoms with Crippen LogP contribution in [0.5, 0.6) is 5.75 Å². The van der Waals surface area contributed by atoms with Crippen molar-refractivity contribution in [3.8, 4) is 5.75 Å². The Bertz CT molecular complexity index is 644. The molecule has 0 radical (unpaired) electrons. The van der Waals surface area contributed by atoms with Crippen LogP contribution in [0.15, 0.2) is 42.5 Å². The highest BCUT2D eigenvalue weighted by molar-refractivity contribution is 5.95. The summed E-state index contributed by atoms with van der Waals surface area (Å²) in [6.45, 7) is 7.91. The molecule has 22 heavy (non-hydrogen) atoms. The van der Waals surface area contributed by atoms with Gasteiger partial charge in [-0.3, -0.25) is 4.79 Å². The number of benzene rings is 2. The Morgan fingerprint density at radius 1 is 1.00 bits per heavy atom. The number of amides is 1. The number of para-hydroxylation sites is 2. The molecule has 2 aromatic carbocycles. The molecular formula is C19H23NO2. The highest BCUT2D eigenvalue weighted by Gasteiger charge is 2.20. The molecule has 0 bridgehead atoms. The van der Waals surface area contributed by atoms with Crippen LogP contribution in [-0.4, -0.2) is 12.0 Å². The number of rotatable bonds is 5. The van der Waals surface area contributed by atoms with Crippen LogP contribution < -0.4 is 10.1 Å². The molecule has 1 amide bonds. The fourth-order valence-electron chi connectivity index (χ4n) is 2.38. The largest absolute Gasteiger partial charge is 0.480 e. The molecule has 0 fully saturated rings. The molecule has 0 aliphatic rings. The van der Waals surface area contributed by atoms with Crippen LogP contribution in [0.3, 0.4) is 0 Å². The molecule has 3 heteroatoms. The van der Waals surface area contributed by atoms with Gasteiger partial charge in [0.05, 0.1) is 0 Å². The molecule has 0 saturated carbocycles. The van der Waals surface area contributed by atoms with Gasteiger partial charge in [0.25, 0.3) is 5.91 Å². The van der Waals surface area contributed by atoms with Crippen molar-refractivity contribution >= 4 is 11.6 Å². The molecule has 0 spiro atoms. The van der Waals surface area contributed by atoms with Crippen molar-refractivity contribution in [1.29, 1.82) is 0 Å². The summed E-state index contributed by atoms with van der Waals surface area (Å²) in [5.74, 6) is 0.647. The van der Waals surface area contributed by atoms with Crippen LogP contribution in [0.25, 0.3) is 0 Å². The lowest BCUT2D eigenvalue weighted by Gasteiger charge is -2.20. The maximum Gasteiger partial charge on any atom is 0.265 e. The third-order valence-corrected chi connectivity index (χ3v) is 3.76. The minimum absolute atomic E-state index is 0.108. The molecule has 0 saturated heterocycles. The fraction of sp³-hybridized carbons (Fsp3) is 0.316. The summed E-state index contributed by atoms with van der Waals surface area (Å²) in [7, 11) is 0. The first-order chi connectivity index (χ1) is 10.5. The van der Waals surface area contributed by atoms with Crippen LogP contribution in [0.1, 0.15) is 30.0 Å². The maximum atomic E-state index is 12.5. The first kappa shape index (κ1) is 16.1. The van der Waals surface area contributed by atoms with E-state index in [-0.39, 0.29) is 5.91 Å². The molecule has 2 aromatic rings. The third-order valence-electron chi connectivity index (χ3n) is 3.76. The summed E-state index contributed by atoms with van der Waals surface area (Å²) >= 11 is 0. The topological polar surface area (TPSA) is 38.3 Å². The first-order valence-electron chi connectivity index (χ1n) is 7.62. The van der Waals surface area contributed by atoms with E-state index in [4.69, 9.17) is 4.74 Å². The monoisotopic (exact) mass is 297 g/mol. The zero-order valence-corrected chi connectivity index (χ0v) is 13.6. The van der Waals surface area contributed by atoms with Gasteiger partial charge in [-0.05, 0) is 49.9 Å². The summed E-state index contributed by atoms with van der Waals surface area (Å²) in [4.78, 5) is 12.5. The number of anilines is 1. The van der Waals surface area contributed by atoms with Crippen LogP contribution in [0.4, 0.5) is 5.69 Å². The fourth-order valence-corrected chi connectivity index (χ4v) is 2.38. The molecule has 0 aromatic heterocycles. The molecule has 116 valence electrons. The average Bonchev–Trinajstić information content (AvgIpc) is 2.50. The van der Waals surface area contributed by atoms with E-state index in [1.165, 1.54) is 0 Å². The van der Waals surface area contributed by atoms with E-state index >= 15 is 0 Å². The van der Waals surface area contributed by atoms with Crippen LogP contribution in [-0.2, 0) is 4.79 Å². The molecule has 0 aliphatic carbocycles. The zero-order valence-electron chi connectivity index (χ0n) is 13.6. The van der Waals surface area contributed by atoms with E-state index in [2.05, 4.69) is 5.32 Å². The van der Waals surface area contributed by atoms with Gasteiger partial charge in [-0.2, -0.15) is 0 Å². The predicted octanol–water partition coefficient (Wildman–Crippen LogP) is 4.41. The van der Waals surface area contributed by atoms with Gasteiger partial charge in [0.1, 0.15) is 5.75 Å². The minimum atomic E-state index is -0.500. The Labute approximate surface area is 132 Å². The number of ether oxygens (including phenoxy) is 1. The van der Waals surface area contributed by atoms with Crippen molar-refractivity contribution in [2.24, 2.45) is 0 Å². The third kappa shape index (κ3) is 3.67. The van der Waals surface area contributed by atoms with E-state index in [9.17, 15) is 4.79 Å². The number of hydrogen-bond acceptors (Lipinski definition) is 2. The summed E-state index contributed by atoms with van der Waals surface area (Å²) in [6, 6.07) is 13.7. The summed E-state index contributed by atoms with van der Waals surface area (Å²) in [5.41, 5.74) is 4.01. The first-order valence-corrected chi connectivity index (χ1v) is 7.62. The number of carbonyl (C=O) groups excluding carboxylic acids is 1. The summed E-state index contributed by atoms with van der Waals surface area (Å²) in [5, 5.41) is 3.01. The summed E-state index contributed by atoms with van der Waals surface area (Å²) < 4.78 is 5.90. The zero-order chi connectivity index (χ0) is 16.1. The molecule has 1 N–H and O–H groups in total. The van der Waals surface area contributed by atoms with Crippen molar-refractivity contribution in [3.05, 3.63) is 59.2 Å². The number of hydrogen-bond donors (Lipinski definition) is 1. The molecule has 2 rings (SSSR count). The Balaban J connectivity index is 2.14. The normalized spacial score (nSPS) is 11.8. The van der Waals surface area contributed by atoms with Gasteiger partial charge >= 0.3 is 0 Å². The van der Waals surface area contributed by atoms with Gasteiger partial charge < -0.3 is 10.1 Å². The van der Waals surface area contributed by atoms with E-state index in [0.29, 0.717) is 6.42 Å². The Hall–Kier alpha value is -2.29. The van der Waals surface area contributed by atoms with Crippen molar-refractivity contribution in [2.75, 3.05) is 5.32 Å². The Morgan fingerprint density at radius 2 is 1.59 bits per heavy atom. The van der Waals surface area contributed by atoms with Gasteiger partial charge in [0.2, 0.25) is 0 Å². The number of nitrogens with one attached hydrogen (secondary N) is 1. The summed E-state index contributed by atoms with van der Waals surface area (Å²) in [6.07, 6.45) is 0.116. The van der Waals surface area contributed by atoms with Gasteiger partial charge in [0, 0.05) is 5.69 Å². The quantitative estimate of drug-likeness (QED) is 0.888. The van der Waals surface area contributed by atoms with Gasteiger partial charge in [-0.25, -0.2) is 0 Å². The van der Waals surface area contributed by atoms with Crippen molar-refractivity contribution < 1.29 is 9.53 Å². The standard InChI is InChI=1S/C19H23NO2/c1-5-16(22-17-12-7-6-9-13(17)2)19(21)20-18-14(3)10-8-11-15(18)4/h6-12,16H,5H2,1-4H3,(H,20,21)/t16-/m1/s1. The molecule has 3 nitrogen and oxygen atoms in total. The van der Waals surface area contributed by atoms with E-state index in [0.717, 1.165) is 28.1 Å². The lowest BCUT2D eigenvalue weighted by atomic mass is 10.1. The second-order valence-electron chi connectivity index (χ2n) is 5.54. The van der Waals surface area contributed by atoms with Gasteiger partial charge in [0.15, 0.2) is 6.10 Å². The van der Waals surface area contributed by atoms with E-state index < -0.39 is 6.10 Å². The molecule has 1 atom stereocenters. The smallest absolute Gasteiger partial charge is 0.265 e. The number of aryl methyl sites for hydroxylation is 3. The van der Waals surface area contributed by atoms with Crippen LogP contribution >= 0.6 is 0 Å². The Morgan fingerprint density at radius 3 is 2.18 bits per heavy atom. The highest BCUT2D eigenvalue weighted by atomic mass is 16.5. The number of carbonyl (C=O) groups is 1. The highest BCUT2D eigenvalue weighted by Crippen LogP contribution is 2.22. The average molecular weight is 297 g/mol. The van der Waals surface area contributed by atoms with Crippen molar-refractivity contribution in [1.82, 2.24) is 0 Å².